The minimum absolute atomic E-state index is 0. The van der Waals surface area contributed by atoms with Crippen LogP contribution in [0, 0.1) is 0 Å². The molecule has 0 amide bonds. The third-order valence-corrected chi connectivity index (χ3v) is 2.55. The molecule has 0 spiro atoms. The molecule has 3 nitrogen and oxygen atoms in total. The van der Waals surface area contributed by atoms with Gasteiger partial charge in [-0.3, -0.25) is 4.98 Å². The van der Waals surface area contributed by atoms with Gasteiger partial charge in [0.1, 0.15) is 0 Å². The van der Waals surface area contributed by atoms with E-state index in [1.807, 2.05) is 36.5 Å². The monoisotopic (exact) mass is 321 g/mol. The first-order valence-corrected chi connectivity index (χ1v) is 5.29. The Labute approximate surface area is 132 Å². The van der Waals surface area contributed by atoms with Gasteiger partial charge in [0.25, 0.3) is 0 Å². The minimum atomic E-state index is 0. The van der Waals surface area contributed by atoms with Crippen molar-refractivity contribution in [1.29, 1.82) is 0 Å². The first kappa shape index (κ1) is 20.2. The predicted octanol–water partition coefficient (Wildman–Crippen LogP) is 3.30. The highest BCUT2D eigenvalue weighted by Crippen LogP contribution is 2.17. The number of hydrogen-bond acceptors (Lipinski definition) is 3. The van der Waals surface area contributed by atoms with Gasteiger partial charge in [-0.1, -0.05) is 12.1 Å². The topological polar surface area (TPSA) is 64.9 Å². The fraction of sp³-hybridized carbons (Fsp3) is 0.154. The van der Waals surface area contributed by atoms with Crippen molar-refractivity contribution in [2.75, 3.05) is 11.5 Å². The van der Waals surface area contributed by atoms with Gasteiger partial charge in [0.15, 0.2) is 0 Å². The second-order valence-electron chi connectivity index (χ2n) is 3.78. The Kier molecular flexibility index (Phi) is 10.3. The first-order valence-electron chi connectivity index (χ1n) is 5.29. The van der Waals surface area contributed by atoms with Gasteiger partial charge in [0.2, 0.25) is 0 Å². The Bertz CT molecular complexity index is 478. The summed E-state index contributed by atoms with van der Waals surface area (Å²) in [6, 6.07) is 11.6. The molecular formula is C13H18Cl3N3. The maximum atomic E-state index is 5.89. The normalized spacial score (nSPS) is 8.63. The van der Waals surface area contributed by atoms with Crippen LogP contribution >= 0.6 is 37.2 Å². The van der Waals surface area contributed by atoms with Crippen molar-refractivity contribution in [3.8, 4) is 0 Å². The Balaban J connectivity index is 0. The molecule has 0 aliphatic rings. The maximum Gasteiger partial charge on any atom is 0.0406 e. The Hall–Kier alpha value is -1.16. The average molecular weight is 323 g/mol. The molecule has 1 aromatic carbocycles. The van der Waals surface area contributed by atoms with Crippen LogP contribution in [-0.4, -0.2) is 4.98 Å². The van der Waals surface area contributed by atoms with Crippen molar-refractivity contribution in [2.45, 2.75) is 12.8 Å². The lowest BCUT2D eigenvalue weighted by Crippen LogP contribution is -1.99. The molecule has 1 aromatic heterocycles. The van der Waals surface area contributed by atoms with Crippen molar-refractivity contribution < 1.29 is 0 Å². The van der Waals surface area contributed by atoms with Crippen LogP contribution in [-0.2, 0) is 12.8 Å². The molecule has 0 atom stereocenters. The number of aryl methyl sites for hydroxylation is 2. The van der Waals surface area contributed by atoms with Crippen molar-refractivity contribution in [3.63, 3.8) is 0 Å². The van der Waals surface area contributed by atoms with Crippen molar-refractivity contribution in [1.82, 2.24) is 4.98 Å². The van der Waals surface area contributed by atoms with Gasteiger partial charge in [0.05, 0.1) is 0 Å². The first-order chi connectivity index (χ1) is 7.75. The molecule has 4 N–H and O–H groups in total. The van der Waals surface area contributed by atoms with Gasteiger partial charge in [-0.25, -0.2) is 0 Å². The average Bonchev–Trinajstić information content (AvgIpc) is 2.29. The van der Waals surface area contributed by atoms with Crippen molar-refractivity contribution in [3.05, 3.63) is 53.9 Å². The Morgan fingerprint density at radius 1 is 0.895 bits per heavy atom. The molecule has 2 rings (SSSR count). The van der Waals surface area contributed by atoms with E-state index in [0.717, 1.165) is 29.8 Å². The van der Waals surface area contributed by atoms with Crippen LogP contribution in [0.15, 0.2) is 42.6 Å². The molecule has 0 bridgehead atoms. The summed E-state index contributed by atoms with van der Waals surface area (Å²) < 4.78 is 0. The van der Waals surface area contributed by atoms with Crippen LogP contribution in [0.5, 0.6) is 0 Å². The number of pyridine rings is 1. The Morgan fingerprint density at radius 2 is 1.63 bits per heavy atom. The molecule has 0 saturated heterocycles. The highest BCUT2D eigenvalue weighted by molar-refractivity contribution is 5.86. The van der Waals surface area contributed by atoms with Crippen LogP contribution in [0.2, 0.25) is 0 Å². The number of nitrogens with zero attached hydrogens (tertiary/aromatic N) is 1. The number of rotatable bonds is 3. The van der Waals surface area contributed by atoms with E-state index in [1.54, 1.807) is 6.07 Å². The van der Waals surface area contributed by atoms with Gasteiger partial charge in [0, 0.05) is 23.3 Å². The molecular weight excluding hydrogens is 305 g/mol. The van der Waals surface area contributed by atoms with E-state index in [2.05, 4.69) is 4.98 Å². The maximum absolute atomic E-state index is 5.89. The number of halogens is 3. The summed E-state index contributed by atoms with van der Waals surface area (Å²) in [4.78, 5) is 4.28. The molecule has 2 aromatic rings. The molecule has 0 aliphatic carbocycles. The quantitative estimate of drug-likeness (QED) is 0.852. The van der Waals surface area contributed by atoms with E-state index in [-0.39, 0.29) is 37.2 Å². The summed E-state index contributed by atoms with van der Waals surface area (Å²) in [5.74, 6) is 0. The van der Waals surface area contributed by atoms with Crippen LogP contribution in [0.4, 0.5) is 11.4 Å². The van der Waals surface area contributed by atoms with E-state index in [4.69, 9.17) is 11.5 Å². The third kappa shape index (κ3) is 6.01. The van der Waals surface area contributed by atoms with Gasteiger partial charge in [-0.2, -0.15) is 0 Å². The van der Waals surface area contributed by atoms with Crippen molar-refractivity contribution >= 4 is 48.6 Å². The Morgan fingerprint density at radius 3 is 2.21 bits per heavy atom. The number of aromatic nitrogens is 1. The van der Waals surface area contributed by atoms with Crippen LogP contribution in [0.25, 0.3) is 0 Å². The highest BCUT2D eigenvalue weighted by atomic mass is 35.5. The highest BCUT2D eigenvalue weighted by Gasteiger charge is 2.00. The molecule has 1 heterocycles. The van der Waals surface area contributed by atoms with E-state index in [1.165, 1.54) is 0 Å². The number of nitrogens with two attached hydrogens (primary N) is 2. The fourth-order valence-electron chi connectivity index (χ4n) is 1.65. The summed E-state index contributed by atoms with van der Waals surface area (Å²) in [5.41, 5.74) is 15.2. The predicted molar refractivity (Wildman–Crippen MR) is 88.7 cm³/mol. The lowest BCUT2D eigenvalue weighted by molar-refractivity contribution is 0.916. The largest absolute Gasteiger partial charge is 0.399 e. The number of anilines is 2. The fourth-order valence-corrected chi connectivity index (χ4v) is 1.65. The summed E-state index contributed by atoms with van der Waals surface area (Å²) in [6.45, 7) is 0. The summed E-state index contributed by atoms with van der Waals surface area (Å²) in [6.07, 6.45) is 3.60. The molecule has 0 radical (unpaired) electrons. The zero-order valence-electron chi connectivity index (χ0n) is 10.3. The zero-order chi connectivity index (χ0) is 11.4. The smallest absolute Gasteiger partial charge is 0.0406 e. The van der Waals surface area contributed by atoms with Crippen molar-refractivity contribution in [2.24, 2.45) is 0 Å². The van der Waals surface area contributed by atoms with Crippen LogP contribution in [0.1, 0.15) is 11.3 Å². The lowest BCUT2D eigenvalue weighted by atomic mass is 10.1. The van der Waals surface area contributed by atoms with Gasteiger partial charge in [-0.05, 0) is 42.7 Å². The standard InChI is InChI=1S/C13H15N3.3ClH/c14-11-6-4-10(13(15)9-11)5-7-12-3-1-2-8-16-12;;;/h1-4,6,8-9H,5,7,14-15H2;3*1H. The molecule has 0 fully saturated rings. The minimum Gasteiger partial charge on any atom is -0.399 e. The number of hydrogen-bond donors (Lipinski definition) is 2. The molecule has 0 aliphatic heterocycles. The third-order valence-electron chi connectivity index (χ3n) is 2.55. The number of benzene rings is 1. The summed E-state index contributed by atoms with van der Waals surface area (Å²) >= 11 is 0. The zero-order valence-corrected chi connectivity index (χ0v) is 12.7. The van der Waals surface area contributed by atoms with E-state index < -0.39 is 0 Å². The molecule has 106 valence electrons. The summed E-state index contributed by atoms with van der Waals surface area (Å²) in [5, 5.41) is 0. The van der Waals surface area contributed by atoms with Crippen LogP contribution < -0.4 is 11.5 Å². The van der Waals surface area contributed by atoms with Gasteiger partial charge in [-0.15, -0.1) is 37.2 Å². The number of nitrogen functional groups attached to an aromatic ring is 2. The summed E-state index contributed by atoms with van der Waals surface area (Å²) in [7, 11) is 0. The lowest BCUT2D eigenvalue weighted by Gasteiger charge is -2.06. The molecule has 0 saturated carbocycles. The second kappa shape index (κ2) is 9.73. The SMILES string of the molecule is Cl.Cl.Cl.Nc1ccc(CCc2ccccn2)c(N)c1. The molecule has 0 unspecified atom stereocenters. The molecule has 6 heteroatoms. The molecule has 19 heavy (non-hydrogen) atoms. The van der Waals surface area contributed by atoms with Gasteiger partial charge >= 0.3 is 0 Å². The van der Waals surface area contributed by atoms with E-state index in [9.17, 15) is 0 Å². The van der Waals surface area contributed by atoms with E-state index >= 15 is 0 Å². The van der Waals surface area contributed by atoms with E-state index in [0.29, 0.717) is 5.69 Å². The second-order valence-corrected chi connectivity index (χ2v) is 3.78. The van der Waals surface area contributed by atoms with Gasteiger partial charge < -0.3 is 11.5 Å². The van der Waals surface area contributed by atoms with Crippen LogP contribution in [0.3, 0.4) is 0 Å².